The summed E-state index contributed by atoms with van der Waals surface area (Å²) in [6.45, 7) is 1.58. The number of hydrogen-bond acceptors (Lipinski definition) is 4. The molecule has 0 bridgehead atoms. The van der Waals surface area contributed by atoms with Crippen molar-refractivity contribution in [1.29, 1.82) is 0 Å². The van der Waals surface area contributed by atoms with Gasteiger partial charge in [0.15, 0.2) is 0 Å². The zero-order valence-corrected chi connectivity index (χ0v) is 12.6. The van der Waals surface area contributed by atoms with E-state index in [2.05, 4.69) is 5.32 Å². The van der Waals surface area contributed by atoms with Crippen molar-refractivity contribution in [2.45, 2.75) is 19.4 Å². The molecule has 3 rings (SSSR count). The number of imide groups is 1. The van der Waals surface area contributed by atoms with Crippen LogP contribution in [0.5, 0.6) is 0 Å². The van der Waals surface area contributed by atoms with E-state index in [0.717, 1.165) is 10.5 Å². The predicted molar refractivity (Wildman–Crippen MR) is 81.8 cm³/mol. The third-order valence-corrected chi connectivity index (χ3v) is 3.71. The lowest BCUT2D eigenvalue weighted by Crippen LogP contribution is -2.43. The highest BCUT2D eigenvalue weighted by Crippen LogP contribution is 2.21. The summed E-state index contributed by atoms with van der Waals surface area (Å²) < 4.78 is 4.98. The highest BCUT2D eigenvalue weighted by molar-refractivity contribution is 6.22. The minimum absolute atomic E-state index is 0.129. The third-order valence-electron chi connectivity index (χ3n) is 3.71. The van der Waals surface area contributed by atoms with E-state index < -0.39 is 11.8 Å². The van der Waals surface area contributed by atoms with Crippen LogP contribution in [0.15, 0.2) is 47.3 Å². The lowest BCUT2D eigenvalue weighted by atomic mass is 10.1. The van der Waals surface area contributed by atoms with Gasteiger partial charge in [0.25, 0.3) is 11.8 Å². The molecule has 1 aromatic heterocycles. The number of carbonyl (C=O) groups is 3. The van der Waals surface area contributed by atoms with Gasteiger partial charge < -0.3 is 9.73 Å². The molecule has 1 N–H and O–H groups in total. The fourth-order valence-electron chi connectivity index (χ4n) is 2.66. The Morgan fingerprint density at radius 1 is 1.17 bits per heavy atom. The van der Waals surface area contributed by atoms with Gasteiger partial charge in [0.2, 0.25) is 5.91 Å². The van der Waals surface area contributed by atoms with Gasteiger partial charge in [-0.25, -0.2) is 0 Å². The first kappa shape index (κ1) is 15.0. The molecule has 0 aliphatic carbocycles. The Balaban J connectivity index is 1.60. The maximum Gasteiger partial charge on any atom is 0.262 e. The average Bonchev–Trinajstić information content (AvgIpc) is 3.11. The van der Waals surface area contributed by atoms with E-state index in [1.54, 1.807) is 36.8 Å². The molecule has 0 saturated carbocycles. The summed E-state index contributed by atoms with van der Waals surface area (Å²) >= 11 is 0. The number of benzene rings is 1. The summed E-state index contributed by atoms with van der Waals surface area (Å²) in [6.07, 6.45) is 3.81. The second kappa shape index (κ2) is 6.08. The standard InChI is InChI=1S/C17H16N2O4/c1-11(8-12-6-7-23-10-12)18-15(20)9-19-16(21)13-4-2-3-5-14(13)17(19)22/h2-7,10-11H,8-9H2,1H3,(H,18,20). The van der Waals surface area contributed by atoms with Crippen molar-refractivity contribution in [3.8, 4) is 0 Å². The number of fused-ring (bicyclic) bond motifs is 1. The Morgan fingerprint density at radius 2 is 1.83 bits per heavy atom. The van der Waals surface area contributed by atoms with Crippen LogP contribution in [0.2, 0.25) is 0 Å². The lowest BCUT2D eigenvalue weighted by molar-refractivity contribution is -0.122. The molecule has 2 aromatic rings. The molecular formula is C17H16N2O4. The number of amides is 3. The molecule has 23 heavy (non-hydrogen) atoms. The van der Waals surface area contributed by atoms with Gasteiger partial charge in [-0.15, -0.1) is 0 Å². The first-order valence-corrected chi connectivity index (χ1v) is 7.32. The van der Waals surface area contributed by atoms with E-state index in [-0.39, 0.29) is 18.5 Å². The topological polar surface area (TPSA) is 79.6 Å². The van der Waals surface area contributed by atoms with Crippen LogP contribution in [0, 0.1) is 0 Å². The number of furan rings is 1. The number of carbonyl (C=O) groups excluding carboxylic acids is 3. The smallest absolute Gasteiger partial charge is 0.262 e. The minimum Gasteiger partial charge on any atom is -0.472 e. The van der Waals surface area contributed by atoms with Gasteiger partial charge in [-0.3, -0.25) is 19.3 Å². The second-order valence-electron chi connectivity index (χ2n) is 5.55. The zero-order chi connectivity index (χ0) is 16.4. The quantitative estimate of drug-likeness (QED) is 0.851. The fraction of sp³-hybridized carbons (Fsp3) is 0.235. The van der Waals surface area contributed by atoms with E-state index in [0.29, 0.717) is 17.5 Å². The Labute approximate surface area is 133 Å². The highest BCUT2D eigenvalue weighted by Gasteiger charge is 2.36. The Hall–Kier alpha value is -2.89. The molecule has 0 spiro atoms. The molecule has 3 amide bonds. The van der Waals surface area contributed by atoms with Crippen molar-refractivity contribution in [2.75, 3.05) is 6.54 Å². The average molecular weight is 312 g/mol. The van der Waals surface area contributed by atoms with Gasteiger partial charge in [0.1, 0.15) is 6.54 Å². The van der Waals surface area contributed by atoms with Gasteiger partial charge in [-0.2, -0.15) is 0 Å². The molecule has 0 radical (unpaired) electrons. The summed E-state index contributed by atoms with van der Waals surface area (Å²) in [5, 5.41) is 2.79. The van der Waals surface area contributed by atoms with Gasteiger partial charge in [-0.05, 0) is 37.1 Å². The molecule has 1 aromatic carbocycles. The fourth-order valence-corrected chi connectivity index (χ4v) is 2.66. The van der Waals surface area contributed by atoms with Crippen molar-refractivity contribution in [3.63, 3.8) is 0 Å². The van der Waals surface area contributed by atoms with E-state index in [1.165, 1.54) is 0 Å². The monoisotopic (exact) mass is 312 g/mol. The van der Waals surface area contributed by atoms with Crippen molar-refractivity contribution in [2.24, 2.45) is 0 Å². The summed E-state index contributed by atoms with van der Waals surface area (Å²) in [5.74, 6) is -1.22. The SMILES string of the molecule is CC(Cc1ccoc1)NC(=O)CN1C(=O)c2ccccc2C1=O. The van der Waals surface area contributed by atoms with Crippen LogP contribution in [-0.4, -0.2) is 35.2 Å². The molecule has 1 aliphatic heterocycles. The largest absolute Gasteiger partial charge is 0.472 e. The van der Waals surface area contributed by atoms with Crippen LogP contribution in [-0.2, 0) is 11.2 Å². The van der Waals surface area contributed by atoms with Gasteiger partial charge in [-0.1, -0.05) is 12.1 Å². The maximum atomic E-state index is 12.2. The first-order chi connectivity index (χ1) is 11.1. The molecule has 0 fully saturated rings. The maximum absolute atomic E-state index is 12.2. The molecular weight excluding hydrogens is 296 g/mol. The molecule has 118 valence electrons. The number of nitrogens with zero attached hydrogens (tertiary/aromatic N) is 1. The third kappa shape index (κ3) is 3.01. The number of nitrogens with one attached hydrogen (secondary N) is 1. The van der Waals surface area contributed by atoms with Crippen LogP contribution < -0.4 is 5.32 Å². The van der Waals surface area contributed by atoms with Gasteiger partial charge in [0.05, 0.1) is 23.7 Å². The summed E-state index contributed by atoms with van der Waals surface area (Å²) in [6, 6.07) is 8.27. The summed E-state index contributed by atoms with van der Waals surface area (Å²) in [5.41, 5.74) is 1.66. The first-order valence-electron chi connectivity index (χ1n) is 7.32. The van der Waals surface area contributed by atoms with Crippen LogP contribution in [0.3, 0.4) is 0 Å². The summed E-state index contributed by atoms with van der Waals surface area (Å²) in [4.78, 5) is 37.5. The van der Waals surface area contributed by atoms with Crippen molar-refractivity contribution in [1.82, 2.24) is 10.2 Å². The van der Waals surface area contributed by atoms with Crippen molar-refractivity contribution in [3.05, 3.63) is 59.5 Å². The molecule has 6 heteroatoms. The van der Waals surface area contributed by atoms with Gasteiger partial charge >= 0.3 is 0 Å². The van der Waals surface area contributed by atoms with E-state index in [4.69, 9.17) is 4.42 Å². The van der Waals surface area contributed by atoms with Crippen molar-refractivity contribution >= 4 is 17.7 Å². The Morgan fingerprint density at radius 3 is 2.39 bits per heavy atom. The summed E-state index contributed by atoms with van der Waals surface area (Å²) in [7, 11) is 0. The Kier molecular flexibility index (Phi) is 3.97. The highest BCUT2D eigenvalue weighted by atomic mass is 16.3. The molecule has 6 nitrogen and oxygen atoms in total. The van der Waals surface area contributed by atoms with Gasteiger partial charge in [0, 0.05) is 6.04 Å². The minimum atomic E-state index is -0.428. The van der Waals surface area contributed by atoms with Crippen LogP contribution >= 0.6 is 0 Å². The van der Waals surface area contributed by atoms with E-state index in [9.17, 15) is 14.4 Å². The molecule has 1 atom stereocenters. The van der Waals surface area contributed by atoms with Crippen LogP contribution in [0.1, 0.15) is 33.2 Å². The molecule has 2 heterocycles. The second-order valence-corrected chi connectivity index (χ2v) is 5.55. The van der Waals surface area contributed by atoms with Crippen LogP contribution in [0.25, 0.3) is 0 Å². The van der Waals surface area contributed by atoms with E-state index in [1.807, 2.05) is 13.0 Å². The molecule has 0 saturated heterocycles. The zero-order valence-electron chi connectivity index (χ0n) is 12.6. The van der Waals surface area contributed by atoms with Crippen molar-refractivity contribution < 1.29 is 18.8 Å². The van der Waals surface area contributed by atoms with E-state index >= 15 is 0 Å². The number of rotatable bonds is 5. The molecule has 1 aliphatic rings. The Bertz CT molecular complexity index is 717. The van der Waals surface area contributed by atoms with Crippen LogP contribution in [0.4, 0.5) is 0 Å². The number of hydrogen-bond donors (Lipinski definition) is 1. The molecule has 1 unspecified atom stereocenters. The normalized spacial score (nSPS) is 14.7. The lowest BCUT2D eigenvalue weighted by Gasteiger charge is -2.17. The predicted octanol–water partition coefficient (Wildman–Crippen LogP) is 1.62.